The van der Waals surface area contributed by atoms with Crippen molar-refractivity contribution in [3.63, 3.8) is 0 Å². The van der Waals surface area contributed by atoms with Crippen LogP contribution >= 0.6 is 22.9 Å². The van der Waals surface area contributed by atoms with Crippen LogP contribution in [0.4, 0.5) is 5.13 Å². The Kier molecular flexibility index (Phi) is 4.35. The number of benzene rings is 3. The van der Waals surface area contributed by atoms with Gasteiger partial charge in [-0.25, -0.2) is 15.0 Å². The molecule has 28 heavy (non-hydrogen) atoms. The van der Waals surface area contributed by atoms with E-state index in [0.717, 1.165) is 48.8 Å². The Morgan fingerprint density at radius 2 is 1.61 bits per heavy atom. The zero-order valence-corrected chi connectivity index (χ0v) is 16.3. The molecule has 0 bridgehead atoms. The number of pyridine rings is 1. The second-order valence-corrected chi connectivity index (χ2v) is 7.57. The number of para-hydroxylation sites is 1. The highest BCUT2D eigenvalue weighted by molar-refractivity contribution is 7.13. The van der Waals surface area contributed by atoms with E-state index in [1.807, 2.05) is 78.3 Å². The fourth-order valence-electron chi connectivity index (χ4n) is 3.13. The van der Waals surface area contributed by atoms with Gasteiger partial charge in [-0.3, -0.25) is 0 Å². The lowest BCUT2D eigenvalue weighted by Gasteiger charge is -2.06. The summed E-state index contributed by atoms with van der Waals surface area (Å²) in [7, 11) is 0. The summed E-state index contributed by atoms with van der Waals surface area (Å²) in [5, 5.41) is 5.35. The summed E-state index contributed by atoms with van der Waals surface area (Å²) >= 11 is 8.19. The van der Waals surface area contributed by atoms with E-state index in [1.54, 1.807) is 0 Å². The number of hydrogen-bond donors (Lipinski definition) is 0. The number of fused-ring (bicyclic) bond motifs is 2. The summed E-state index contributed by atoms with van der Waals surface area (Å²) in [6.07, 6.45) is 1.83. The maximum absolute atomic E-state index is 6.68. The van der Waals surface area contributed by atoms with Crippen molar-refractivity contribution in [3.8, 4) is 11.3 Å². The lowest BCUT2D eigenvalue weighted by Crippen LogP contribution is -1.86. The van der Waals surface area contributed by atoms with Gasteiger partial charge in [-0.2, -0.15) is 0 Å². The molecule has 0 N–H and O–H groups in total. The highest BCUT2D eigenvalue weighted by atomic mass is 35.5. The quantitative estimate of drug-likeness (QED) is 0.244. The molecule has 0 atom stereocenters. The lowest BCUT2D eigenvalue weighted by atomic mass is 10.1. The van der Waals surface area contributed by atoms with Gasteiger partial charge < -0.3 is 0 Å². The number of aromatic nitrogens is 2. The zero-order chi connectivity index (χ0) is 18.9. The molecule has 134 valence electrons. The second kappa shape index (κ2) is 7.15. The minimum absolute atomic E-state index is 0.722. The molecule has 3 aromatic carbocycles. The Hall–Kier alpha value is -3.08. The first-order chi connectivity index (χ1) is 13.8. The van der Waals surface area contributed by atoms with Gasteiger partial charge >= 0.3 is 0 Å². The van der Waals surface area contributed by atoms with Gasteiger partial charge in [0.15, 0.2) is 0 Å². The first-order valence-corrected chi connectivity index (χ1v) is 10.1. The van der Waals surface area contributed by atoms with Gasteiger partial charge in [0.1, 0.15) is 0 Å². The third kappa shape index (κ3) is 3.17. The predicted molar refractivity (Wildman–Crippen MR) is 119 cm³/mol. The first kappa shape index (κ1) is 17.0. The molecule has 0 radical (unpaired) electrons. The van der Waals surface area contributed by atoms with E-state index < -0.39 is 0 Å². The maximum atomic E-state index is 6.68. The molecule has 5 aromatic rings. The molecule has 0 aliphatic carbocycles. The minimum atomic E-state index is 0.722. The van der Waals surface area contributed by atoms with E-state index in [2.05, 4.69) is 16.0 Å². The summed E-state index contributed by atoms with van der Waals surface area (Å²) in [5.74, 6) is 0. The molecule has 0 fully saturated rings. The van der Waals surface area contributed by atoms with Crippen LogP contribution in [-0.4, -0.2) is 16.2 Å². The SMILES string of the molecule is Clc1c2ccccc2nc2ccc(-c3csc(/N=C/c4ccccc4)n3)cc12. The van der Waals surface area contributed by atoms with Gasteiger partial charge in [-0.15, -0.1) is 11.3 Å². The number of hydrogen-bond acceptors (Lipinski definition) is 4. The molecule has 2 aromatic heterocycles. The van der Waals surface area contributed by atoms with Crippen LogP contribution in [0.15, 0.2) is 83.2 Å². The fraction of sp³-hybridized carbons (Fsp3) is 0. The Morgan fingerprint density at radius 3 is 2.50 bits per heavy atom. The van der Waals surface area contributed by atoms with Crippen molar-refractivity contribution in [2.45, 2.75) is 0 Å². The van der Waals surface area contributed by atoms with Crippen molar-refractivity contribution in [1.82, 2.24) is 9.97 Å². The predicted octanol–water partition coefficient (Wildman–Crippen LogP) is 6.92. The van der Waals surface area contributed by atoms with Crippen LogP contribution < -0.4 is 0 Å². The van der Waals surface area contributed by atoms with Gasteiger partial charge in [-0.05, 0) is 23.8 Å². The third-order valence-electron chi connectivity index (χ3n) is 4.53. The van der Waals surface area contributed by atoms with Gasteiger partial charge in [0, 0.05) is 27.9 Å². The van der Waals surface area contributed by atoms with Crippen LogP contribution in [0.1, 0.15) is 5.56 Å². The molecule has 0 aliphatic rings. The van der Waals surface area contributed by atoms with E-state index in [-0.39, 0.29) is 0 Å². The number of nitrogens with zero attached hydrogens (tertiary/aromatic N) is 3. The Labute approximate surface area is 171 Å². The molecule has 0 spiro atoms. The third-order valence-corrected chi connectivity index (χ3v) is 5.68. The second-order valence-electron chi connectivity index (χ2n) is 6.36. The molecular weight excluding hydrogens is 386 g/mol. The van der Waals surface area contributed by atoms with Crippen molar-refractivity contribution in [1.29, 1.82) is 0 Å². The molecule has 2 heterocycles. The number of halogens is 1. The van der Waals surface area contributed by atoms with E-state index in [9.17, 15) is 0 Å². The van der Waals surface area contributed by atoms with Gasteiger partial charge in [0.25, 0.3) is 0 Å². The molecular formula is C23H14ClN3S. The number of aliphatic imine (C=N–C) groups is 1. The topological polar surface area (TPSA) is 38.1 Å². The highest BCUT2D eigenvalue weighted by Gasteiger charge is 2.10. The van der Waals surface area contributed by atoms with Crippen LogP contribution in [-0.2, 0) is 0 Å². The average Bonchev–Trinajstić information content (AvgIpc) is 3.22. The van der Waals surface area contributed by atoms with Crippen LogP contribution in [0.3, 0.4) is 0 Å². The van der Waals surface area contributed by atoms with Crippen molar-refractivity contribution < 1.29 is 0 Å². The van der Waals surface area contributed by atoms with Gasteiger partial charge in [-0.1, -0.05) is 66.2 Å². The highest BCUT2D eigenvalue weighted by Crippen LogP contribution is 2.34. The average molecular weight is 400 g/mol. The van der Waals surface area contributed by atoms with Crippen LogP contribution in [0, 0.1) is 0 Å². The summed E-state index contributed by atoms with van der Waals surface area (Å²) < 4.78 is 0. The Morgan fingerprint density at radius 1 is 0.821 bits per heavy atom. The Bertz CT molecular complexity index is 1330. The maximum Gasteiger partial charge on any atom is 0.209 e. The molecule has 0 saturated heterocycles. The van der Waals surface area contributed by atoms with E-state index in [4.69, 9.17) is 16.6 Å². The zero-order valence-electron chi connectivity index (χ0n) is 14.7. The van der Waals surface area contributed by atoms with Crippen LogP contribution in [0.5, 0.6) is 0 Å². The van der Waals surface area contributed by atoms with Crippen molar-refractivity contribution >= 4 is 56.1 Å². The van der Waals surface area contributed by atoms with E-state index >= 15 is 0 Å². The Balaban J connectivity index is 1.53. The minimum Gasteiger partial charge on any atom is -0.248 e. The molecule has 0 unspecified atom stereocenters. The van der Waals surface area contributed by atoms with Gasteiger partial charge in [0.05, 0.1) is 21.7 Å². The standard InChI is InChI=1S/C23H14ClN3S/c24-22-17-8-4-5-9-19(17)26-20-11-10-16(12-18(20)22)21-14-28-23(27-21)25-13-15-6-2-1-3-7-15/h1-14H/b25-13+. The first-order valence-electron chi connectivity index (χ1n) is 8.81. The normalized spacial score (nSPS) is 11.6. The molecule has 3 nitrogen and oxygen atoms in total. The summed E-state index contributed by atoms with van der Waals surface area (Å²) in [4.78, 5) is 13.9. The van der Waals surface area contributed by atoms with Crippen molar-refractivity contribution in [2.24, 2.45) is 4.99 Å². The van der Waals surface area contributed by atoms with E-state index in [0.29, 0.717) is 0 Å². The summed E-state index contributed by atoms with van der Waals surface area (Å²) in [6.45, 7) is 0. The van der Waals surface area contributed by atoms with Crippen molar-refractivity contribution in [2.75, 3.05) is 0 Å². The monoisotopic (exact) mass is 399 g/mol. The molecule has 5 heteroatoms. The van der Waals surface area contributed by atoms with E-state index in [1.165, 1.54) is 11.3 Å². The van der Waals surface area contributed by atoms with Crippen LogP contribution in [0.25, 0.3) is 33.1 Å². The van der Waals surface area contributed by atoms with Gasteiger partial charge in [0.2, 0.25) is 5.13 Å². The lowest BCUT2D eigenvalue weighted by molar-refractivity contribution is 1.36. The smallest absolute Gasteiger partial charge is 0.209 e. The molecule has 5 rings (SSSR count). The van der Waals surface area contributed by atoms with Crippen molar-refractivity contribution in [3.05, 3.63) is 88.8 Å². The molecule has 0 aliphatic heterocycles. The largest absolute Gasteiger partial charge is 0.248 e. The molecule has 0 amide bonds. The number of thiazole rings is 1. The fourth-order valence-corrected chi connectivity index (χ4v) is 4.11. The molecule has 0 saturated carbocycles. The van der Waals surface area contributed by atoms with Crippen LogP contribution in [0.2, 0.25) is 5.02 Å². The summed E-state index contributed by atoms with van der Waals surface area (Å²) in [5.41, 5.74) is 4.72. The summed E-state index contributed by atoms with van der Waals surface area (Å²) in [6, 6.07) is 24.0. The number of rotatable bonds is 3.